The highest BCUT2D eigenvalue weighted by molar-refractivity contribution is 5.76. The number of morpholine rings is 1. The van der Waals surface area contributed by atoms with Crippen LogP contribution < -0.4 is 19.7 Å². The number of hydrogen-bond acceptors (Lipinski definition) is 4. The maximum atomic E-state index is 12.4. The molecule has 1 amide bonds. The van der Waals surface area contributed by atoms with Crippen molar-refractivity contribution in [2.24, 2.45) is 0 Å². The van der Waals surface area contributed by atoms with E-state index in [1.54, 1.807) is 14.2 Å². The Bertz CT molecular complexity index is 803. The largest absolute Gasteiger partial charge is 0.493 e. The number of hydrogen-bond donors (Lipinski definition) is 2. The molecule has 1 fully saturated rings. The van der Waals surface area contributed by atoms with Crippen molar-refractivity contribution < 1.29 is 23.9 Å². The SMILES string of the molecule is COc1cccc(CCC(=O)NCc2ccccc2C[NH+]2CCOCC2)c1OC. The van der Waals surface area contributed by atoms with Gasteiger partial charge in [0, 0.05) is 18.5 Å². The number of para-hydroxylation sites is 1. The van der Waals surface area contributed by atoms with E-state index in [4.69, 9.17) is 14.2 Å². The fraction of sp³-hybridized carbons (Fsp3) is 0.435. The number of aryl methyl sites for hydroxylation is 1. The van der Waals surface area contributed by atoms with Gasteiger partial charge in [0.1, 0.15) is 19.6 Å². The summed E-state index contributed by atoms with van der Waals surface area (Å²) >= 11 is 0. The molecule has 3 rings (SSSR count). The smallest absolute Gasteiger partial charge is 0.220 e. The number of amides is 1. The number of carbonyl (C=O) groups is 1. The predicted octanol–water partition coefficient (Wildman–Crippen LogP) is 1.37. The van der Waals surface area contributed by atoms with E-state index in [1.165, 1.54) is 16.0 Å². The highest BCUT2D eigenvalue weighted by Crippen LogP contribution is 2.31. The summed E-state index contributed by atoms with van der Waals surface area (Å²) in [4.78, 5) is 14.0. The average molecular weight is 400 g/mol. The van der Waals surface area contributed by atoms with Gasteiger partial charge in [-0.05, 0) is 23.6 Å². The molecule has 1 saturated heterocycles. The van der Waals surface area contributed by atoms with Crippen molar-refractivity contribution in [1.29, 1.82) is 0 Å². The van der Waals surface area contributed by atoms with Crippen LogP contribution in [0.1, 0.15) is 23.1 Å². The molecule has 0 atom stereocenters. The van der Waals surface area contributed by atoms with Crippen LogP contribution in [-0.4, -0.2) is 46.4 Å². The van der Waals surface area contributed by atoms with Crippen molar-refractivity contribution in [2.75, 3.05) is 40.5 Å². The first-order valence-electron chi connectivity index (χ1n) is 10.2. The van der Waals surface area contributed by atoms with Gasteiger partial charge in [0.15, 0.2) is 11.5 Å². The summed E-state index contributed by atoms with van der Waals surface area (Å²) in [5, 5.41) is 3.07. The van der Waals surface area contributed by atoms with E-state index >= 15 is 0 Å². The maximum Gasteiger partial charge on any atom is 0.220 e. The van der Waals surface area contributed by atoms with E-state index in [2.05, 4.69) is 23.5 Å². The Labute approximate surface area is 172 Å². The molecule has 1 heterocycles. The standard InChI is InChI=1S/C23H30N2O4/c1-27-21-9-5-8-18(23(21)28-2)10-11-22(26)24-16-19-6-3-4-7-20(19)17-25-12-14-29-15-13-25/h3-9H,10-17H2,1-2H3,(H,24,26)/p+1. The van der Waals surface area contributed by atoms with Crippen LogP contribution in [0.2, 0.25) is 0 Å². The van der Waals surface area contributed by atoms with Gasteiger partial charge in [0.2, 0.25) is 5.91 Å². The molecular formula is C23H31N2O4+. The minimum Gasteiger partial charge on any atom is -0.493 e. The van der Waals surface area contributed by atoms with Gasteiger partial charge >= 0.3 is 0 Å². The zero-order chi connectivity index (χ0) is 20.5. The van der Waals surface area contributed by atoms with Crippen LogP contribution in [0, 0.1) is 0 Å². The van der Waals surface area contributed by atoms with Crippen LogP contribution in [0.15, 0.2) is 42.5 Å². The van der Waals surface area contributed by atoms with Crippen molar-refractivity contribution in [3.05, 3.63) is 59.2 Å². The topological polar surface area (TPSA) is 61.2 Å². The van der Waals surface area contributed by atoms with Gasteiger partial charge in [0.05, 0.1) is 27.4 Å². The zero-order valence-electron chi connectivity index (χ0n) is 17.3. The van der Waals surface area contributed by atoms with Gasteiger partial charge in [-0.2, -0.15) is 0 Å². The van der Waals surface area contributed by atoms with E-state index in [1.807, 2.05) is 24.3 Å². The first-order valence-corrected chi connectivity index (χ1v) is 10.2. The molecule has 1 aliphatic heterocycles. The second-order valence-electron chi connectivity index (χ2n) is 7.24. The Hall–Kier alpha value is -2.57. The Morgan fingerprint density at radius 3 is 2.45 bits per heavy atom. The molecule has 0 bridgehead atoms. The minimum atomic E-state index is 0.0309. The van der Waals surface area contributed by atoms with Gasteiger partial charge in [-0.3, -0.25) is 4.79 Å². The normalized spacial score (nSPS) is 14.4. The fourth-order valence-electron chi connectivity index (χ4n) is 3.69. The predicted molar refractivity (Wildman–Crippen MR) is 111 cm³/mol. The van der Waals surface area contributed by atoms with Crippen LogP contribution in [0.5, 0.6) is 11.5 Å². The summed E-state index contributed by atoms with van der Waals surface area (Å²) in [5.41, 5.74) is 3.44. The highest BCUT2D eigenvalue weighted by atomic mass is 16.5. The van der Waals surface area contributed by atoms with Crippen molar-refractivity contribution in [2.45, 2.75) is 25.9 Å². The molecule has 0 aromatic heterocycles. The molecule has 1 aliphatic rings. The third-order valence-corrected chi connectivity index (χ3v) is 5.34. The second-order valence-corrected chi connectivity index (χ2v) is 7.24. The molecule has 2 aromatic rings. The minimum absolute atomic E-state index is 0.0309. The summed E-state index contributed by atoms with van der Waals surface area (Å²) in [6.45, 7) is 5.22. The monoisotopic (exact) mass is 399 g/mol. The lowest BCUT2D eigenvalue weighted by Crippen LogP contribution is -3.12. The van der Waals surface area contributed by atoms with Gasteiger partial charge in [-0.15, -0.1) is 0 Å². The Balaban J connectivity index is 1.53. The van der Waals surface area contributed by atoms with Crippen LogP contribution in [0.3, 0.4) is 0 Å². The quantitative estimate of drug-likeness (QED) is 0.669. The Morgan fingerprint density at radius 1 is 1.00 bits per heavy atom. The van der Waals surface area contributed by atoms with E-state index in [0.717, 1.165) is 38.4 Å². The molecule has 156 valence electrons. The third kappa shape index (κ3) is 5.95. The Kier molecular flexibility index (Phi) is 7.90. The summed E-state index contributed by atoms with van der Waals surface area (Å²) in [6.07, 6.45) is 1.01. The van der Waals surface area contributed by atoms with Gasteiger partial charge in [-0.1, -0.05) is 36.4 Å². The molecule has 0 radical (unpaired) electrons. The van der Waals surface area contributed by atoms with E-state index in [9.17, 15) is 4.79 Å². The second kappa shape index (κ2) is 10.8. The molecule has 2 N–H and O–H groups in total. The lowest BCUT2D eigenvalue weighted by molar-refractivity contribution is -0.921. The molecule has 2 aromatic carbocycles. The lowest BCUT2D eigenvalue weighted by Gasteiger charge is -2.24. The first kappa shape index (κ1) is 21.1. The molecule has 0 saturated carbocycles. The lowest BCUT2D eigenvalue weighted by atomic mass is 10.1. The zero-order valence-corrected chi connectivity index (χ0v) is 17.3. The summed E-state index contributed by atoms with van der Waals surface area (Å²) < 4.78 is 16.2. The number of methoxy groups -OCH3 is 2. The third-order valence-electron chi connectivity index (χ3n) is 5.34. The maximum absolute atomic E-state index is 12.4. The van der Waals surface area contributed by atoms with Crippen LogP contribution in [0.4, 0.5) is 0 Å². The van der Waals surface area contributed by atoms with Crippen molar-refractivity contribution in [1.82, 2.24) is 5.32 Å². The van der Waals surface area contributed by atoms with Crippen molar-refractivity contribution in [3.8, 4) is 11.5 Å². The van der Waals surface area contributed by atoms with E-state index < -0.39 is 0 Å². The molecule has 0 aliphatic carbocycles. The number of quaternary nitrogens is 1. The number of carbonyl (C=O) groups excluding carboxylic acids is 1. The summed E-state index contributed by atoms with van der Waals surface area (Å²) in [6, 6.07) is 14.1. The van der Waals surface area contributed by atoms with Gasteiger partial charge in [-0.25, -0.2) is 0 Å². The van der Waals surface area contributed by atoms with E-state index in [0.29, 0.717) is 30.9 Å². The van der Waals surface area contributed by atoms with Crippen LogP contribution >= 0.6 is 0 Å². The average Bonchev–Trinajstić information content (AvgIpc) is 2.77. The molecule has 29 heavy (non-hydrogen) atoms. The highest BCUT2D eigenvalue weighted by Gasteiger charge is 2.16. The summed E-state index contributed by atoms with van der Waals surface area (Å²) in [5.74, 6) is 1.41. The summed E-state index contributed by atoms with van der Waals surface area (Å²) in [7, 11) is 3.24. The van der Waals surface area contributed by atoms with Crippen molar-refractivity contribution >= 4 is 5.91 Å². The molecule has 6 heteroatoms. The molecule has 0 spiro atoms. The molecule has 0 unspecified atom stereocenters. The molecule has 6 nitrogen and oxygen atoms in total. The van der Waals surface area contributed by atoms with Crippen LogP contribution in [-0.2, 0) is 29.0 Å². The number of benzene rings is 2. The Morgan fingerprint density at radius 2 is 1.72 bits per heavy atom. The number of nitrogens with one attached hydrogen (secondary N) is 2. The van der Waals surface area contributed by atoms with Gasteiger partial charge < -0.3 is 24.4 Å². The first-order chi connectivity index (χ1) is 14.2. The van der Waals surface area contributed by atoms with E-state index in [-0.39, 0.29) is 5.91 Å². The number of rotatable bonds is 9. The van der Waals surface area contributed by atoms with Crippen LogP contribution in [0.25, 0.3) is 0 Å². The molecular weight excluding hydrogens is 368 g/mol. The van der Waals surface area contributed by atoms with Crippen molar-refractivity contribution in [3.63, 3.8) is 0 Å². The van der Waals surface area contributed by atoms with Gasteiger partial charge in [0.25, 0.3) is 0 Å². The number of ether oxygens (including phenoxy) is 3. The fourth-order valence-corrected chi connectivity index (χ4v) is 3.69.